The van der Waals surface area contributed by atoms with Gasteiger partial charge in [-0.1, -0.05) is 12.1 Å². The summed E-state index contributed by atoms with van der Waals surface area (Å²) in [6.45, 7) is 4.72. The van der Waals surface area contributed by atoms with Crippen molar-refractivity contribution in [3.63, 3.8) is 0 Å². The first-order chi connectivity index (χ1) is 10.0. The summed E-state index contributed by atoms with van der Waals surface area (Å²) < 4.78 is 13.1. The Morgan fingerprint density at radius 1 is 1.24 bits per heavy atom. The first kappa shape index (κ1) is 15.0. The van der Waals surface area contributed by atoms with E-state index in [-0.39, 0.29) is 11.7 Å². The van der Waals surface area contributed by atoms with Gasteiger partial charge in [0, 0.05) is 24.3 Å². The minimum absolute atomic E-state index is 0.0996. The molecule has 2 aromatic carbocycles. The fraction of sp³-hybridized carbons (Fsp3) is 0.235. The number of aryl methyl sites for hydroxylation is 1. The number of halogens is 1. The van der Waals surface area contributed by atoms with Crippen molar-refractivity contribution in [2.75, 3.05) is 12.3 Å². The first-order valence-corrected chi connectivity index (χ1v) is 6.91. The van der Waals surface area contributed by atoms with E-state index >= 15 is 0 Å². The standard InChI is InChI=1S/C17H19FN2O/c1-3-20(11-13-5-4-6-15(19)10-13)17(21)16-8-7-14(18)9-12(16)2/h4-10H,3,11,19H2,1-2H3. The molecule has 0 radical (unpaired) electrons. The Hall–Kier alpha value is -2.36. The number of nitrogens with two attached hydrogens (primary N) is 1. The number of rotatable bonds is 4. The molecule has 0 aliphatic carbocycles. The third kappa shape index (κ3) is 3.60. The Balaban J connectivity index is 2.22. The summed E-state index contributed by atoms with van der Waals surface area (Å²) in [6, 6.07) is 11.7. The number of hydrogen-bond donors (Lipinski definition) is 1. The maximum atomic E-state index is 13.1. The lowest BCUT2D eigenvalue weighted by Gasteiger charge is -2.22. The van der Waals surface area contributed by atoms with Crippen LogP contribution in [0, 0.1) is 12.7 Å². The minimum Gasteiger partial charge on any atom is -0.399 e. The van der Waals surface area contributed by atoms with Crippen LogP contribution in [0.1, 0.15) is 28.4 Å². The van der Waals surface area contributed by atoms with Crippen LogP contribution in [0.25, 0.3) is 0 Å². The second-order valence-corrected chi connectivity index (χ2v) is 5.02. The van der Waals surface area contributed by atoms with Crippen LogP contribution in [-0.4, -0.2) is 17.4 Å². The maximum absolute atomic E-state index is 13.1. The molecule has 0 aliphatic rings. The molecule has 0 aromatic heterocycles. The van der Waals surface area contributed by atoms with E-state index in [1.165, 1.54) is 18.2 Å². The van der Waals surface area contributed by atoms with Crippen molar-refractivity contribution in [1.29, 1.82) is 0 Å². The van der Waals surface area contributed by atoms with Crippen molar-refractivity contribution in [2.45, 2.75) is 20.4 Å². The van der Waals surface area contributed by atoms with E-state index in [0.717, 1.165) is 5.56 Å². The predicted molar refractivity (Wildman–Crippen MR) is 82.4 cm³/mol. The average Bonchev–Trinajstić information content (AvgIpc) is 2.44. The van der Waals surface area contributed by atoms with Crippen LogP contribution in [0.4, 0.5) is 10.1 Å². The van der Waals surface area contributed by atoms with Crippen molar-refractivity contribution in [2.24, 2.45) is 0 Å². The SMILES string of the molecule is CCN(Cc1cccc(N)c1)C(=O)c1ccc(F)cc1C. The average molecular weight is 286 g/mol. The van der Waals surface area contributed by atoms with Gasteiger partial charge in [0.1, 0.15) is 5.82 Å². The Kier molecular flexibility index (Phi) is 4.58. The monoisotopic (exact) mass is 286 g/mol. The van der Waals surface area contributed by atoms with Crippen LogP contribution in [0.2, 0.25) is 0 Å². The highest BCUT2D eigenvalue weighted by Crippen LogP contribution is 2.16. The molecule has 0 fully saturated rings. The van der Waals surface area contributed by atoms with Gasteiger partial charge in [0.05, 0.1) is 0 Å². The molecule has 0 saturated heterocycles. The highest BCUT2D eigenvalue weighted by molar-refractivity contribution is 5.95. The summed E-state index contributed by atoms with van der Waals surface area (Å²) in [5, 5.41) is 0. The summed E-state index contributed by atoms with van der Waals surface area (Å²) in [4.78, 5) is 14.3. The summed E-state index contributed by atoms with van der Waals surface area (Å²) in [7, 11) is 0. The zero-order valence-corrected chi connectivity index (χ0v) is 12.3. The second-order valence-electron chi connectivity index (χ2n) is 5.02. The molecular formula is C17H19FN2O. The molecule has 2 N–H and O–H groups in total. The Morgan fingerprint density at radius 2 is 2.00 bits per heavy atom. The number of benzene rings is 2. The van der Waals surface area contributed by atoms with Gasteiger partial charge in [0.15, 0.2) is 0 Å². The molecule has 0 saturated carbocycles. The highest BCUT2D eigenvalue weighted by atomic mass is 19.1. The third-order valence-corrected chi connectivity index (χ3v) is 3.41. The van der Waals surface area contributed by atoms with Gasteiger partial charge in [-0.2, -0.15) is 0 Å². The Labute approximate surface area is 124 Å². The van der Waals surface area contributed by atoms with Crippen molar-refractivity contribution in [1.82, 2.24) is 4.90 Å². The van der Waals surface area contributed by atoms with E-state index in [2.05, 4.69) is 0 Å². The van der Waals surface area contributed by atoms with Crippen molar-refractivity contribution >= 4 is 11.6 Å². The molecule has 3 nitrogen and oxygen atoms in total. The summed E-state index contributed by atoms with van der Waals surface area (Å²) >= 11 is 0. The van der Waals surface area contributed by atoms with Gasteiger partial charge in [-0.3, -0.25) is 4.79 Å². The largest absolute Gasteiger partial charge is 0.399 e. The molecule has 0 spiro atoms. The van der Waals surface area contributed by atoms with Gasteiger partial charge in [-0.25, -0.2) is 4.39 Å². The van der Waals surface area contributed by atoms with E-state index in [4.69, 9.17) is 5.73 Å². The van der Waals surface area contributed by atoms with Gasteiger partial charge in [-0.05, 0) is 55.3 Å². The first-order valence-electron chi connectivity index (χ1n) is 6.91. The molecule has 0 unspecified atom stereocenters. The molecule has 2 rings (SSSR count). The van der Waals surface area contributed by atoms with Crippen LogP contribution in [0.15, 0.2) is 42.5 Å². The smallest absolute Gasteiger partial charge is 0.254 e. The summed E-state index contributed by atoms with van der Waals surface area (Å²) in [5.41, 5.74) is 8.58. The molecule has 0 heterocycles. The normalized spacial score (nSPS) is 10.4. The number of carbonyl (C=O) groups is 1. The van der Waals surface area contributed by atoms with E-state index in [1.807, 2.05) is 31.2 Å². The molecular weight excluding hydrogens is 267 g/mol. The zero-order valence-electron chi connectivity index (χ0n) is 12.3. The van der Waals surface area contributed by atoms with Gasteiger partial charge < -0.3 is 10.6 Å². The fourth-order valence-corrected chi connectivity index (χ4v) is 2.28. The van der Waals surface area contributed by atoms with Crippen LogP contribution in [0.3, 0.4) is 0 Å². The maximum Gasteiger partial charge on any atom is 0.254 e. The molecule has 2 aromatic rings. The van der Waals surface area contributed by atoms with E-state index < -0.39 is 0 Å². The number of carbonyl (C=O) groups excluding carboxylic acids is 1. The molecule has 21 heavy (non-hydrogen) atoms. The zero-order chi connectivity index (χ0) is 15.4. The van der Waals surface area contributed by atoms with E-state index in [1.54, 1.807) is 11.8 Å². The lowest BCUT2D eigenvalue weighted by molar-refractivity contribution is 0.0752. The molecule has 0 bridgehead atoms. The lowest BCUT2D eigenvalue weighted by Crippen LogP contribution is -2.30. The Morgan fingerprint density at radius 3 is 2.62 bits per heavy atom. The number of amides is 1. The summed E-state index contributed by atoms with van der Waals surface area (Å²) in [6.07, 6.45) is 0. The molecule has 1 amide bonds. The van der Waals surface area contributed by atoms with Crippen molar-refractivity contribution in [3.05, 3.63) is 65.0 Å². The topological polar surface area (TPSA) is 46.3 Å². The quantitative estimate of drug-likeness (QED) is 0.876. The number of anilines is 1. The number of nitrogens with zero attached hydrogens (tertiary/aromatic N) is 1. The lowest BCUT2D eigenvalue weighted by atomic mass is 10.1. The van der Waals surface area contributed by atoms with Gasteiger partial charge in [0.25, 0.3) is 5.91 Å². The Bertz CT molecular complexity index is 655. The van der Waals surface area contributed by atoms with Gasteiger partial charge in [0.2, 0.25) is 0 Å². The van der Waals surface area contributed by atoms with E-state index in [0.29, 0.717) is 29.9 Å². The molecule has 110 valence electrons. The number of nitrogen functional groups attached to an aromatic ring is 1. The summed E-state index contributed by atoms with van der Waals surface area (Å²) in [5.74, 6) is -0.430. The van der Waals surface area contributed by atoms with Crippen molar-refractivity contribution < 1.29 is 9.18 Å². The number of hydrogen-bond acceptors (Lipinski definition) is 2. The van der Waals surface area contributed by atoms with Crippen LogP contribution in [0.5, 0.6) is 0 Å². The van der Waals surface area contributed by atoms with Crippen LogP contribution in [-0.2, 0) is 6.54 Å². The second kappa shape index (κ2) is 6.39. The molecule has 4 heteroatoms. The van der Waals surface area contributed by atoms with Gasteiger partial charge in [-0.15, -0.1) is 0 Å². The highest BCUT2D eigenvalue weighted by Gasteiger charge is 2.17. The molecule has 0 atom stereocenters. The third-order valence-electron chi connectivity index (χ3n) is 3.41. The van der Waals surface area contributed by atoms with Crippen LogP contribution >= 0.6 is 0 Å². The molecule has 0 aliphatic heterocycles. The predicted octanol–water partition coefficient (Wildman–Crippen LogP) is 3.38. The van der Waals surface area contributed by atoms with Gasteiger partial charge >= 0.3 is 0 Å². The fourth-order valence-electron chi connectivity index (χ4n) is 2.28. The van der Waals surface area contributed by atoms with E-state index in [9.17, 15) is 9.18 Å². The van der Waals surface area contributed by atoms with Crippen molar-refractivity contribution in [3.8, 4) is 0 Å². The minimum atomic E-state index is -0.331. The van der Waals surface area contributed by atoms with Crippen LogP contribution < -0.4 is 5.73 Å².